The van der Waals surface area contributed by atoms with Crippen LogP contribution in [0.4, 0.5) is 5.69 Å². The Hall–Kier alpha value is -2.90. The van der Waals surface area contributed by atoms with Crippen molar-refractivity contribution in [3.05, 3.63) is 75.5 Å². The largest absolute Gasteiger partial charge is 0.462 e. The maximum atomic E-state index is 12.1. The summed E-state index contributed by atoms with van der Waals surface area (Å²) in [5, 5.41) is 18.0. The van der Waals surface area contributed by atoms with Gasteiger partial charge in [0, 0.05) is 15.7 Å². The minimum absolute atomic E-state index is 0.130. The molecule has 1 saturated carbocycles. The number of rotatable bonds is 8. The maximum Gasteiger partial charge on any atom is 0.338 e. The van der Waals surface area contributed by atoms with Gasteiger partial charge < -0.3 is 10.1 Å². The van der Waals surface area contributed by atoms with Crippen LogP contribution in [0.25, 0.3) is 6.08 Å². The lowest BCUT2D eigenvalue weighted by Crippen LogP contribution is -2.38. The maximum absolute atomic E-state index is 12.1. The summed E-state index contributed by atoms with van der Waals surface area (Å²) in [6, 6.07) is 12.7. The van der Waals surface area contributed by atoms with Crippen LogP contribution in [-0.2, 0) is 10.3 Å². The van der Waals surface area contributed by atoms with E-state index >= 15 is 0 Å². The van der Waals surface area contributed by atoms with Gasteiger partial charge in [-0.2, -0.15) is 0 Å². The number of nitrogens with zero attached hydrogens (tertiary/aromatic N) is 4. The molecule has 4 rings (SSSR count). The number of benzene rings is 2. The molecule has 0 amide bonds. The SMILES string of the molecule is CCOC(=O)c1ccc(NC2(c3nnnn3[C@@H](/C=C/c3ccc(Cl)cc3Cl)C(C)(C)C)CCCC2)cc1. The number of tetrazole rings is 1. The molecule has 0 radical (unpaired) electrons. The highest BCUT2D eigenvalue weighted by atomic mass is 35.5. The molecule has 0 aliphatic heterocycles. The Balaban J connectivity index is 1.67. The summed E-state index contributed by atoms with van der Waals surface area (Å²) >= 11 is 12.5. The fraction of sp³-hybridized carbons (Fsp3) is 0.429. The van der Waals surface area contributed by atoms with Crippen LogP contribution in [0.1, 0.15) is 81.2 Å². The molecular formula is C28H33Cl2N5O2. The van der Waals surface area contributed by atoms with Crippen LogP contribution >= 0.6 is 23.2 Å². The van der Waals surface area contributed by atoms with Crippen molar-refractivity contribution in [2.75, 3.05) is 11.9 Å². The molecule has 0 unspecified atom stereocenters. The van der Waals surface area contributed by atoms with Crippen molar-refractivity contribution in [1.29, 1.82) is 0 Å². The fourth-order valence-electron chi connectivity index (χ4n) is 4.83. The Kier molecular flexibility index (Phi) is 8.24. The van der Waals surface area contributed by atoms with E-state index in [0.29, 0.717) is 22.2 Å². The second-order valence-corrected chi connectivity index (χ2v) is 11.3. The standard InChI is InChI=1S/C28H33Cl2N5O2/c1-5-37-25(36)20-9-13-22(14-10-20)31-28(16-6-7-17-28)26-32-33-34-35(26)24(27(2,3)4)15-11-19-8-12-21(29)18-23(19)30/h8-15,18,24,31H,5-7,16-17H2,1-4H3/b15-11+/t24-/m0/s1. The molecule has 7 nitrogen and oxygen atoms in total. The summed E-state index contributed by atoms with van der Waals surface area (Å²) < 4.78 is 7.05. The molecule has 0 spiro atoms. The van der Waals surface area contributed by atoms with Crippen LogP contribution in [-0.4, -0.2) is 32.8 Å². The molecule has 3 aromatic rings. The van der Waals surface area contributed by atoms with Gasteiger partial charge >= 0.3 is 5.97 Å². The average molecular weight is 543 g/mol. The fourth-order valence-corrected chi connectivity index (χ4v) is 5.30. The van der Waals surface area contributed by atoms with Gasteiger partial charge in [0.05, 0.1) is 23.8 Å². The number of hydrogen-bond acceptors (Lipinski definition) is 6. The van der Waals surface area contributed by atoms with Gasteiger partial charge in [0.1, 0.15) is 0 Å². The summed E-state index contributed by atoms with van der Waals surface area (Å²) in [4.78, 5) is 12.1. The van der Waals surface area contributed by atoms with E-state index in [1.165, 1.54) is 0 Å². The molecule has 37 heavy (non-hydrogen) atoms. The molecule has 1 aliphatic rings. The number of aromatic nitrogens is 4. The van der Waals surface area contributed by atoms with Crippen molar-refractivity contribution >= 4 is 40.9 Å². The van der Waals surface area contributed by atoms with Gasteiger partial charge in [-0.25, -0.2) is 9.48 Å². The topological polar surface area (TPSA) is 81.9 Å². The van der Waals surface area contributed by atoms with Gasteiger partial charge in [0.15, 0.2) is 5.82 Å². The number of hydrogen-bond donors (Lipinski definition) is 1. The van der Waals surface area contributed by atoms with Crippen molar-refractivity contribution in [1.82, 2.24) is 20.2 Å². The Morgan fingerprint density at radius 3 is 2.49 bits per heavy atom. The molecule has 0 bridgehead atoms. The van der Waals surface area contributed by atoms with Crippen LogP contribution in [0.5, 0.6) is 0 Å². The number of carbonyl (C=O) groups is 1. The van der Waals surface area contributed by atoms with E-state index in [1.807, 2.05) is 35.0 Å². The lowest BCUT2D eigenvalue weighted by Gasteiger charge is -2.35. The first-order valence-corrected chi connectivity index (χ1v) is 13.4. The molecule has 1 heterocycles. The molecule has 0 saturated heterocycles. The number of carbonyl (C=O) groups excluding carboxylic acids is 1. The van der Waals surface area contributed by atoms with E-state index in [9.17, 15) is 4.79 Å². The lowest BCUT2D eigenvalue weighted by molar-refractivity contribution is 0.0526. The zero-order valence-electron chi connectivity index (χ0n) is 21.7. The van der Waals surface area contributed by atoms with Gasteiger partial charge in [0.2, 0.25) is 0 Å². The highest BCUT2D eigenvalue weighted by molar-refractivity contribution is 6.35. The van der Waals surface area contributed by atoms with E-state index in [4.69, 9.17) is 27.9 Å². The van der Waals surface area contributed by atoms with Crippen molar-refractivity contribution in [3.8, 4) is 0 Å². The third-order valence-electron chi connectivity index (χ3n) is 6.73. The number of anilines is 1. The van der Waals surface area contributed by atoms with Gasteiger partial charge in [-0.3, -0.25) is 0 Å². The lowest BCUT2D eigenvalue weighted by atomic mass is 9.85. The van der Waals surface area contributed by atoms with E-state index in [0.717, 1.165) is 42.8 Å². The van der Waals surface area contributed by atoms with Gasteiger partial charge in [0.25, 0.3) is 0 Å². The van der Waals surface area contributed by atoms with Gasteiger partial charge in [-0.1, -0.05) is 75.0 Å². The number of nitrogens with one attached hydrogen (secondary N) is 1. The van der Waals surface area contributed by atoms with E-state index < -0.39 is 5.54 Å². The van der Waals surface area contributed by atoms with Gasteiger partial charge in [-0.05, 0) is 77.6 Å². The minimum Gasteiger partial charge on any atom is -0.462 e. The Morgan fingerprint density at radius 1 is 1.16 bits per heavy atom. The predicted octanol–water partition coefficient (Wildman–Crippen LogP) is 7.34. The zero-order chi connectivity index (χ0) is 26.6. The van der Waals surface area contributed by atoms with Crippen molar-refractivity contribution in [2.45, 2.75) is 65.0 Å². The molecule has 9 heteroatoms. The summed E-state index contributed by atoms with van der Waals surface area (Å²) in [5.74, 6) is 0.473. The molecule has 2 aromatic carbocycles. The van der Waals surface area contributed by atoms with E-state index in [-0.39, 0.29) is 17.4 Å². The quantitative estimate of drug-likeness (QED) is 0.300. The Morgan fingerprint density at radius 2 is 1.86 bits per heavy atom. The van der Waals surface area contributed by atoms with Crippen molar-refractivity contribution in [3.63, 3.8) is 0 Å². The smallest absolute Gasteiger partial charge is 0.338 e. The summed E-state index contributed by atoms with van der Waals surface area (Å²) in [6.07, 6.45) is 8.04. The van der Waals surface area contributed by atoms with E-state index in [2.05, 4.69) is 47.7 Å². The summed E-state index contributed by atoms with van der Waals surface area (Å²) in [5.41, 5.74) is 1.70. The number of esters is 1. The van der Waals surface area contributed by atoms with Crippen LogP contribution in [0.3, 0.4) is 0 Å². The van der Waals surface area contributed by atoms with Gasteiger partial charge in [-0.15, -0.1) is 5.10 Å². The average Bonchev–Trinajstić information content (AvgIpc) is 3.51. The second-order valence-electron chi connectivity index (χ2n) is 10.5. The molecule has 1 N–H and O–H groups in total. The molecule has 1 aliphatic carbocycles. The Bertz CT molecular complexity index is 1260. The third-order valence-corrected chi connectivity index (χ3v) is 7.29. The molecule has 1 atom stereocenters. The third kappa shape index (κ3) is 6.16. The highest BCUT2D eigenvalue weighted by Gasteiger charge is 2.42. The molecule has 196 valence electrons. The number of halogens is 2. The van der Waals surface area contributed by atoms with Crippen LogP contribution in [0, 0.1) is 5.41 Å². The first-order chi connectivity index (χ1) is 17.6. The molecular weight excluding hydrogens is 509 g/mol. The number of ether oxygens (including phenoxy) is 1. The number of allylic oxidation sites excluding steroid dienone is 1. The van der Waals surface area contributed by atoms with E-state index in [1.54, 1.807) is 25.1 Å². The van der Waals surface area contributed by atoms with Crippen molar-refractivity contribution < 1.29 is 9.53 Å². The first-order valence-electron chi connectivity index (χ1n) is 12.6. The summed E-state index contributed by atoms with van der Waals surface area (Å²) in [6.45, 7) is 8.64. The second kappa shape index (κ2) is 11.2. The highest BCUT2D eigenvalue weighted by Crippen LogP contribution is 2.43. The molecule has 1 fully saturated rings. The minimum atomic E-state index is -0.426. The zero-order valence-corrected chi connectivity index (χ0v) is 23.2. The Labute approximate surface area is 228 Å². The molecule has 1 aromatic heterocycles. The van der Waals surface area contributed by atoms with Crippen molar-refractivity contribution in [2.24, 2.45) is 5.41 Å². The van der Waals surface area contributed by atoms with Crippen LogP contribution < -0.4 is 5.32 Å². The van der Waals surface area contributed by atoms with Crippen LogP contribution in [0.15, 0.2) is 48.5 Å². The summed E-state index contributed by atoms with van der Waals surface area (Å²) in [7, 11) is 0. The monoisotopic (exact) mass is 541 g/mol. The van der Waals surface area contributed by atoms with Crippen LogP contribution in [0.2, 0.25) is 10.0 Å². The predicted molar refractivity (Wildman–Crippen MR) is 148 cm³/mol. The first kappa shape index (κ1) is 27.1. The normalized spacial score (nSPS) is 16.2.